The fourth-order valence-electron chi connectivity index (χ4n) is 4.35. The SMILES string of the molecule is CC(=O)Nc1ccc(N2C(=O)C(=O)/C(=C(\O)c3ccc4c(c3)CCO4)C2c2cccnc2)cc1. The van der Waals surface area contributed by atoms with E-state index in [-0.39, 0.29) is 17.2 Å². The van der Waals surface area contributed by atoms with Gasteiger partial charge in [0.1, 0.15) is 11.5 Å². The molecule has 1 fully saturated rings. The van der Waals surface area contributed by atoms with E-state index in [1.165, 1.54) is 11.8 Å². The Morgan fingerprint density at radius 1 is 1.15 bits per heavy atom. The van der Waals surface area contributed by atoms with E-state index in [9.17, 15) is 19.5 Å². The molecule has 3 heterocycles. The first-order valence-corrected chi connectivity index (χ1v) is 10.8. The van der Waals surface area contributed by atoms with Crippen LogP contribution in [0, 0.1) is 0 Å². The van der Waals surface area contributed by atoms with Gasteiger partial charge in [0, 0.05) is 42.7 Å². The minimum absolute atomic E-state index is 0.0113. The van der Waals surface area contributed by atoms with Crippen molar-refractivity contribution in [3.8, 4) is 5.75 Å². The van der Waals surface area contributed by atoms with Crippen LogP contribution in [-0.2, 0) is 20.8 Å². The number of ether oxygens (including phenoxy) is 1. The maximum absolute atomic E-state index is 13.2. The molecule has 0 saturated carbocycles. The van der Waals surface area contributed by atoms with Crippen molar-refractivity contribution in [2.45, 2.75) is 19.4 Å². The normalized spacial score (nSPS) is 18.5. The van der Waals surface area contributed by atoms with Gasteiger partial charge in [-0.1, -0.05) is 6.07 Å². The molecule has 0 radical (unpaired) electrons. The van der Waals surface area contributed by atoms with Crippen molar-refractivity contribution in [1.82, 2.24) is 4.98 Å². The first kappa shape index (κ1) is 21.4. The molecule has 2 aliphatic heterocycles. The highest BCUT2D eigenvalue weighted by molar-refractivity contribution is 6.51. The van der Waals surface area contributed by atoms with Gasteiger partial charge in [-0.25, -0.2) is 0 Å². The average molecular weight is 455 g/mol. The van der Waals surface area contributed by atoms with Gasteiger partial charge in [0.05, 0.1) is 18.2 Å². The number of benzene rings is 2. The van der Waals surface area contributed by atoms with Crippen LogP contribution in [-0.4, -0.2) is 34.3 Å². The number of rotatable bonds is 4. The Kier molecular flexibility index (Phi) is 5.33. The van der Waals surface area contributed by atoms with Crippen molar-refractivity contribution in [2.75, 3.05) is 16.8 Å². The number of hydrogen-bond acceptors (Lipinski definition) is 6. The molecule has 2 aliphatic rings. The Bertz CT molecular complexity index is 1330. The van der Waals surface area contributed by atoms with Gasteiger partial charge in [0.25, 0.3) is 11.7 Å². The minimum atomic E-state index is -0.871. The van der Waals surface area contributed by atoms with E-state index in [2.05, 4.69) is 10.3 Å². The van der Waals surface area contributed by atoms with Crippen LogP contribution in [0.15, 0.2) is 72.6 Å². The maximum atomic E-state index is 13.2. The predicted octanol–water partition coefficient (Wildman–Crippen LogP) is 3.60. The fraction of sp³-hybridized carbons (Fsp3) is 0.154. The lowest BCUT2D eigenvalue weighted by molar-refractivity contribution is -0.132. The Morgan fingerprint density at radius 3 is 2.65 bits per heavy atom. The maximum Gasteiger partial charge on any atom is 0.300 e. The molecule has 34 heavy (non-hydrogen) atoms. The third kappa shape index (κ3) is 3.69. The van der Waals surface area contributed by atoms with E-state index in [0.717, 1.165) is 11.3 Å². The molecule has 5 rings (SSSR count). The smallest absolute Gasteiger partial charge is 0.300 e. The zero-order valence-electron chi connectivity index (χ0n) is 18.3. The van der Waals surface area contributed by atoms with Crippen molar-refractivity contribution in [2.24, 2.45) is 0 Å². The van der Waals surface area contributed by atoms with Crippen molar-refractivity contribution >= 4 is 34.7 Å². The summed E-state index contributed by atoms with van der Waals surface area (Å²) in [6.45, 7) is 1.97. The van der Waals surface area contributed by atoms with Crippen LogP contribution in [0.4, 0.5) is 11.4 Å². The number of carbonyl (C=O) groups excluding carboxylic acids is 3. The number of nitrogens with one attached hydrogen (secondary N) is 1. The molecular weight excluding hydrogens is 434 g/mol. The number of anilines is 2. The van der Waals surface area contributed by atoms with E-state index in [1.54, 1.807) is 67.0 Å². The number of Topliss-reactive ketones (excluding diaryl/α,β-unsaturated/α-hetero) is 1. The summed E-state index contributed by atoms with van der Waals surface area (Å²) in [6, 6.07) is 14.4. The highest BCUT2D eigenvalue weighted by Gasteiger charge is 2.47. The predicted molar refractivity (Wildman–Crippen MR) is 125 cm³/mol. The van der Waals surface area contributed by atoms with Gasteiger partial charge in [0.2, 0.25) is 5.91 Å². The van der Waals surface area contributed by atoms with Crippen molar-refractivity contribution in [3.05, 3.63) is 89.3 Å². The summed E-state index contributed by atoms with van der Waals surface area (Å²) < 4.78 is 5.53. The molecule has 2 N–H and O–H groups in total. The molecule has 1 saturated heterocycles. The number of fused-ring (bicyclic) bond motifs is 1. The number of pyridine rings is 1. The summed E-state index contributed by atoms with van der Waals surface area (Å²) in [7, 11) is 0. The number of aliphatic hydroxyl groups is 1. The van der Waals surface area contributed by atoms with Gasteiger partial charge in [-0.15, -0.1) is 0 Å². The van der Waals surface area contributed by atoms with Crippen LogP contribution in [0.1, 0.15) is 29.7 Å². The van der Waals surface area contributed by atoms with Gasteiger partial charge < -0.3 is 15.2 Å². The second kappa shape index (κ2) is 8.47. The van der Waals surface area contributed by atoms with Gasteiger partial charge in [0.15, 0.2) is 0 Å². The van der Waals surface area contributed by atoms with E-state index < -0.39 is 17.7 Å². The van der Waals surface area contributed by atoms with Crippen molar-refractivity contribution < 1.29 is 24.2 Å². The summed E-state index contributed by atoms with van der Waals surface area (Å²) in [5.74, 6) is -1.26. The molecule has 0 bridgehead atoms. The lowest BCUT2D eigenvalue weighted by Crippen LogP contribution is -2.29. The molecular formula is C26H21N3O5. The third-order valence-electron chi connectivity index (χ3n) is 5.87. The molecule has 8 nitrogen and oxygen atoms in total. The third-order valence-corrected chi connectivity index (χ3v) is 5.87. The lowest BCUT2D eigenvalue weighted by Gasteiger charge is -2.25. The van der Waals surface area contributed by atoms with Crippen LogP contribution >= 0.6 is 0 Å². The number of hydrogen-bond donors (Lipinski definition) is 2. The molecule has 170 valence electrons. The molecule has 0 aliphatic carbocycles. The highest BCUT2D eigenvalue weighted by atomic mass is 16.5. The summed E-state index contributed by atoms with van der Waals surface area (Å²) >= 11 is 0. The molecule has 0 spiro atoms. The summed E-state index contributed by atoms with van der Waals surface area (Å²) in [4.78, 5) is 43.3. The molecule has 2 aromatic carbocycles. The van der Waals surface area contributed by atoms with Crippen LogP contribution in [0.5, 0.6) is 5.75 Å². The van der Waals surface area contributed by atoms with E-state index in [1.807, 2.05) is 0 Å². The lowest BCUT2D eigenvalue weighted by atomic mass is 9.95. The second-order valence-corrected chi connectivity index (χ2v) is 8.10. The van der Waals surface area contributed by atoms with Crippen LogP contribution in [0.2, 0.25) is 0 Å². The summed E-state index contributed by atoms with van der Waals surface area (Å²) in [6.07, 6.45) is 3.87. The van der Waals surface area contributed by atoms with Gasteiger partial charge >= 0.3 is 0 Å². The molecule has 8 heteroatoms. The van der Waals surface area contributed by atoms with Gasteiger partial charge in [-0.3, -0.25) is 24.3 Å². The molecule has 3 aromatic rings. The zero-order chi connectivity index (χ0) is 23.8. The number of aromatic nitrogens is 1. The second-order valence-electron chi connectivity index (χ2n) is 8.10. The number of aliphatic hydroxyl groups excluding tert-OH is 1. The van der Waals surface area contributed by atoms with Crippen LogP contribution in [0.25, 0.3) is 5.76 Å². The summed E-state index contributed by atoms with van der Waals surface area (Å²) in [5.41, 5.74) is 2.96. The van der Waals surface area contributed by atoms with Gasteiger partial charge in [-0.05, 0) is 59.7 Å². The first-order chi connectivity index (χ1) is 16.4. The largest absolute Gasteiger partial charge is 0.507 e. The zero-order valence-corrected chi connectivity index (χ0v) is 18.3. The fourth-order valence-corrected chi connectivity index (χ4v) is 4.35. The highest BCUT2D eigenvalue weighted by Crippen LogP contribution is 2.42. The molecule has 1 unspecified atom stereocenters. The van der Waals surface area contributed by atoms with Gasteiger partial charge in [-0.2, -0.15) is 0 Å². The number of ketones is 1. The van der Waals surface area contributed by atoms with Crippen molar-refractivity contribution in [1.29, 1.82) is 0 Å². The number of amides is 2. The quantitative estimate of drug-likeness (QED) is 0.354. The number of carbonyl (C=O) groups is 3. The molecule has 1 atom stereocenters. The standard InChI is InChI=1S/C26H21N3O5/c1-15(30)28-19-5-7-20(8-6-19)29-23(18-3-2-11-27-14-18)22(25(32)26(29)33)24(31)17-4-9-21-16(13-17)10-12-34-21/h2-9,11,13-14,23,31H,10,12H2,1H3,(H,28,30)/b24-22-. The Hall–Kier alpha value is -4.46. The minimum Gasteiger partial charge on any atom is -0.507 e. The molecule has 2 amide bonds. The molecule has 1 aromatic heterocycles. The Labute approximate surface area is 195 Å². The Balaban J connectivity index is 1.63. The Morgan fingerprint density at radius 2 is 1.94 bits per heavy atom. The topological polar surface area (TPSA) is 109 Å². The summed E-state index contributed by atoms with van der Waals surface area (Å²) in [5, 5.41) is 13.9. The van der Waals surface area contributed by atoms with Crippen LogP contribution < -0.4 is 15.0 Å². The van der Waals surface area contributed by atoms with Crippen molar-refractivity contribution in [3.63, 3.8) is 0 Å². The monoisotopic (exact) mass is 455 g/mol. The van der Waals surface area contributed by atoms with Crippen LogP contribution in [0.3, 0.4) is 0 Å². The average Bonchev–Trinajstić information content (AvgIpc) is 3.41. The van der Waals surface area contributed by atoms with E-state index in [0.29, 0.717) is 35.5 Å². The van der Waals surface area contributed by atoms with E-state index in [4.69, 9.17) is 4.74 Å². The first-order valence-electron chi connectivity index (χ1n) is 10.8. The van der Waals surface area contributed by atoms with E-state index >= 15 is 0 Å². The number of nitrogens with zero attached hydrogens (tertiary/aromatic N) is 2.